The maximum Gasteiger partial charge on any atom is 0.414 e. The first-order valence-corrected chi connectivity index (χ1v) is 12.7. The number of hydrogen-bond acceptors (Lipinski definition) is 7. The molecule has 0 spiro atoms. The van der Waals surface area contributed by atoms with E-state index in [2.05, 4.69) is 5.32 Å². The summed E-state index contributed by atoms with van der Waals surface area (Å²) in [5, 5.41) is 2.66. The standard InChI is InChI=1S/C29H38N2O7/c1-20(2)17-36-26(32)16-15-25(28(34)37-18-21(3)4)30-27(33)23-11-13-24(14-12-23)31(5)29(35)38-19-22-9-7-6-8-10-22/h6-14,20-21,25H,15-19H2,1-5H3,(H,30,33)/t25-/m0/s1. The van der Waals surface area contributed by atoms with Crippen LogP contribution in [0.5, 0.6) is 0 Å². The molecule has 0 aliphatic rings. The Morgan fingerprint density at radius 3 is 2.03 bits per heavy atom. The van der Waals surface area contributed by atoms with Gasteiger partial charge in [-0.3, -0.25) is 14.5 Å². The number of rotatable bonds is 13. The number of carbonyl (C=O) groups is 4. The largest absolute Gasteiger partial charge is 0.465 e. The minimum Gasteiger partial charge on any atom is -0.465 e. The van der Waals surface area contributed by atoms with E-state index >= 15 is 0 Å². The highest BCUT2D eigenvalue weighted by Gasteiger charge is 2.25. The van der Waals surface area contributed by atoms with Gasteiger partial charge in [0.25, 0.3) is 5.91 Å². The van der Waals surface area contributed by atoms with Gasteiger partial charge in [0.1, 0.15) is 12.6 Å². The number of esters is 2. The summed E-state index contributed by atoms with van der Waals surface area (Å²) >= 11 is 0. The van der Waals surface area contributed by atoms with E-state index in [1.807, 2.05) is 58.0 Å². The number of ether oxygens (including phenoxy) is 3. The van der Waals surface area contributed by atoms with Crippen molar-refractivity contribution >= 4 is 29.6 Å². The molecule has 1 atom stereocenters. The number of carbonyl (C=O) groups excluding carboxylic acids is 4. The van der Waals surface area contributed by atoms with Crippen LogP contribution in [0.2, 0.25) is 0 Å². The summed E-state index contributed by atoms with van der Waals surface area (Å²) in [5.41, 5.74) is 1.68. The Kier molecular flexibility index (Phi) is 12.3. The number of anilines is 1. The lowest BCUT2D eigenvalue weighted by Gasteiger charge is -2.19. The summed E-state index contributed by atoms with van der Waals surface area (Å²) < 4.78 is 15.8. The maximum absolute atomic E-state index is 12.9. The second-order valence-electron chi connectivity index (χ2n) is 9.81. The number of benzene rings is 2. The Bertz CT molecular complexity index is 1050. The highest BCUT2D eigenvalue weighted by Crippen LogP contribution is 2.16. The zero-order valence-electron chi connectivity index (χ0n) is 22.8. The quantitative estimate of drug-likeness (QED) is 0.296. The molecule has 2 amide bonds. The molecule has 206 valence electrons. The molecule has 0 saturated carbocycles. The zero-order valence-corrected chi connectivity index (χ0v) is 22.8. The van der Waals surface area contributed by atoms with Crippen molar-refractivity contribution in [1.82, 2.24) is 5.32 Å². The average molecular weight is 527 g/mol. The summed E-state index contributed by atoms with van der Waals surface area (Å²) in [6, 6.07) is 14.6. The van der Waals surface area contributed by atoms with Crippen LogP contribution >= 0.6 is 0 Å². The normalized spacial score (nSPS) is 11.6. The first kappa shape index (κ1) is 30.3. The van der Waals surface area contributed by atoms with E-state index < -0.39 is 30.0 Å². The van der Waals surface area contributed by atoms with Crippen LogP contribution in [-0.2, 0) is 30.4 Å². The van der Waals surface area contributed by atoms with Gasteiger partial charge in [-0.1, -0.05) is 58.0 Å². The van der Waals surface area contributed by atoms with Crippen LogP contribution in [0, 0.1) is 11.8 Å². The Morgan fingerprint density at radius 1 is 0.816 bits per heavy atom. The Balaban J connectivity index is 1.99. The van der Waals surface area contributed by atoms with Crippen LogP contribution < -0.4 is 10.2 Å². The molecule has 2 aromatic carbocycles. The monoisotopic (exact) mass is 526 g/mol. The van der Waals surface area contributed by atoms with Crippen LogP contribution in [0.25, 0.3) is 0 Å². The van der Waals surface area contributed by atoms with Crippen LogP contribution in [-0.4, -0.2) is 50.2 Å². The van der Waals surface area contributed by atoms with Crippen molar-refractivity contribution in [3.63, 3.8) is 0 Å². The van der Waals surface area contributed by atoms with Gasteiger partial charge < -0.3 is 19.5 Å². The van der Waals surface area contributed by atoms with E-state index in [9.17, 15) is 19.2 Å². The smallest absolute Gasteiger partial charge is 0.414 e. The molecule has 0 saturated heterocycles. The highest BCUT2D eigenvalue weighted by atomic mass is 16.6. The molecular weight excluding hydrogens is 488 g/mol. The molecule has 0 aromatic heterocycles. The third kappa shape index (κ3) is 10.6. The van der Waals surface area contributed by atoms with E-state index in [1.54, 1.807) is 31.3 Å². The van der Waals surface area contributed by atoms with Crippen molar-refractivity contribution in [2.75, 3.05) is 25.2 Å². The molecular formula is C29H38N2O7. The summed E-state index contributed by atoms with van der Waals surface area (Å²) in [4.78, 5) is 51.3. The van der Waals surface area contributed by atoms with Gasteiger partial charge >= 0.3 is 18.0 Å². The fourth-order valence-corrected chi connectivity index (χ4v) is 3.19. The van der Waals surface area contributed by atoms with Crippen molar-refractivity contribution in [1.29, 1.82) is 0 Å². The lowest BCUT2D eigenvalue weighted by atomic mass is 10.1. The van der Waals surface area contributed by atoms with E-state index in [-0.39, 0.29) is 50.1 Å². The zero-order chi connectivity index (χ0) is 28.1. The molecule has 38 heavy (non-hydrogen) atoms. The molecule has 2 rings (SSSR count). The number of amides is 2. The Hall–Kier alpha value is -3.88. The fraction of sp³-hybridized carbons (Fsp3) is 0.448. The van der Waals surface area contributed by atoms with Gasteiger partial charge in [-0.25, -0.2) is 9.59 Å². The number of nitrogens with zero attached hydrogens (tertiary/aromatic N) is 1. The molecule has 0 radical (unpaired) electrons. The van der Waals surface area contributed by atoms with Gasteiger partial charge in [-0.15, -0.1) is 0 Å². The predicted octanol–water partition coefficient (Wildman–Crippen LogP) is 4.74. The van der Waals surface area contributed by atoms with Crippen LogP contribution in [0.15, 0.2) is 54.6 Å². The summed E-state index contributed by atoms with van der Waals surface area (Å²) in [6.45, 7) is 8.29. The van der Waals surface area contributed by atoms with Gasteiger partial charge in [-0.05, 0) is 48.1 Å². The van der Waals surface area contributed by atoms with Crippen LogP contribution in [0.3, 0.4) is 0 Å². The maximum atomic E-state index is 12.9. The lowest BCUT2D eigenvalue weighted by molar-refractivity contribution is -0.148. The van der Waals surface area contributed by atoms with Gasteiger partial charge in [0, 0.05) is 24.7 Å². The van der Waals surface area contributed by atoms with Gasteiger partial charge in [-0.2, -0.15) is 0 Å². The topological polar surface area (TPSA) is 111 Å². The lowest BCUT2D eigenvalue weighted by Crippen LogP contribution is -2.42. The second kappa shape index (κ2) is 15.4. The summed E-state index contributed by atoms with van der Waals surface area (Å²) in [7, 11) is 1.57. The Labute approximate surface area is 224 Å². The van der Waals surface area contributed by atoms with Crippen molar-refractivity contribution in [3.8, 4) is 0 Å². The van der Waals surface area contributed by atoms with Crippen molar-refractivity contribution in [3.05, 3.63) is 65.7 Å². The SMILES string of the molecule is CC(C)COC(=O)CC[C@H](NC(=O)c1ccc(N(C)C(=O)OCc2ccccc2)cc1)C(=O)OCC(C)C. The number of nitrogens with one attached hydrogen (secondary N) is 1. The molecule has 9 heteroatoms. The highest BCUT2D eigenvalue weighted by molar-refractivity contribution is 5.97. The third-order valence-corrected chi connectivity index (χ3v) is 5.36. The molecule has 0 aliphatic heterocycles. The fourth-order valence-electron chi connectivity index (χ4n) is 3.19. The molecule has 1 N–H and O–H groups in total. The minimum absolute atomic E-state index is 0.0384. The average Bonchev–Trinajstić information content (AvgIpc) is 2.91. The molecule has 0 fully saturated rings. The molecule has 0 unspecified atom stereocenters. The third-order valence-electron chi connectivity index (χ3n) is 5.36. The van der Waals surface area contributed by atoms with E-state index in [4.69, 9.17) is 14.2 Å². The van der Waals surface area contributed by atoms with E-state index in [0.29, 0.717) is 5.69 Å². The second-order valence-corrected chi connectivity index (χ2v) is 9.81. The van der Waals surface area contributed by atoms with Gasteiger partial charge in [0.05, 0.1) is 13.2 Å². The van der Waals surface area contributed by atoms with Crippen molar-refractivity contribution < 1.29 is 33.4 Å². The summed E-state index contributed by atoms with van der Waals surface area (Å²) in [6.07, 6.45) is -0.528. The number of hydrogen-bond donors (Lipinski definition) is 1. The first-order chi connectivity index (χ1) is 18.1. The Morgan fingerprint density at radius 2 is 1.42 bits per heavy atom. The van der Waals surface area contributed by atoms with Crippen LogP contribution in [0.1, 0.15) is 56.5 Å². The minimum atomic E-state index is -1.01. The molecule has 2 aromatic rings. The van der Waals surface area contributed by atoms with Gasteiger partial charge in [0.15, 0.2) is 0 Å². The van der Waals surface area contributed by atoms with Crippen molar-refractivity contribution in [2.45, 2.75) is 53.2 Å². The van der Waals surface area contributed by atoms with E-state index in [1.165, 1.54) is 4.90 Å². The predicted molar refractivity (Wildman–Crippen MR) is 144 cm³/mol. The molecule has 9 nitrogen and oxygen atoms in total. The summed E-state index contributed by atoms with van der Waals surface area (Å²) in [5.74, 6) is -1.25. The molecule has 0 aliphatic carbocycles. The van der Waals surface area contributed by atoms with E-state index in [0.717, 1.165) is 5.56 Å². The molecule has 0 bridgehead atoms. The molecule has 0 heterocycles. The van der Waals surface area contributed by atoms with Crippen molar-refractivity contribution in [2.24, 2.45) is 11.8 Å². The van der Waals surface area contributed by atoms with Gasteiger partial charge in [0.2, 0.25) is 0 Å². The first-order valence-electron chi connectivity index (χ1n) is 12.7. The van der Waals surface area contributed by atoms with Crippen LogP contribution in [0.4, 0.5) is 10.5 Å².